The summed E-state index contributed by atoms with van der Waals surface area (Å²) in [6.07, 6.45) is 2.83. The smallest absolute Gasteiger partial charge is 0.240 e. The summed E-state index contributed by atoms with van der Waals surface area (Å²) in [4.78, 5) is 12.2. The summed E-state index contributed by atoms with van der Waals surface area (Å²) < 4.78 is 5.59. The number of ether oxygens (including phenoxy) is 1. The number of nitrogens with one attached hydrogen (secondary N) is 2. The normalized spacial score (nSPS) is 26.3. The summed E-state index contributed by atoms with van der Waals surface area (Å²) >= 11 is 6.04. The van der Waals surface area contributed by atoms with Crippen LogP contribution in [0.5, 0.6) is 5.75 Å². The summed E-state index contributed by atoms with van der Waals surface area (Å²) in [5, 5.41) is 7.08. The first-order chi connectivity index (χ1) is 10.2. The molecule has 0 unspecified atom stereocenters. The first kappa shape index (κ1) is 14.7. The molecule has 0 bridgehead atoms. The predicted molar refractivity (Wildman–Crippen MR) is 82.8 cm³/mol. The number of rotatable bonds is 6. The van der Waals surface area contributed by atoms with Gasteiger partial charge < -0.3 is 15.4 Å². The lowest BCUT2D eigenvalue weighted by atomic mass is 10.1. The molecule has 1 aromatic rings. The topological polar surface area (TPSA) is 50.4 Å². The fraction of sp³-hybridized carbons (Fsp3) is 0.562. The number of carbonyl (C=O) groups excluding carboxylic acids is 1. The van der Waals surface area contributed by atoms with Crippen molar-refractivity contribution in [1.82, 2.24) is 10.6 Å². The molecule has 1 amide bonds. The first-order valence-electron chi connectivity index (χ1n) is 7.60. The van der Waals surface area contributed by atoms with Crippen molar-refractivity contribution in [3.8, 4) is 5.75 Å². The van der Waals surface area contributed by atoms with E-state index in [9.17, 15) is 4.79 Å². The molecular formula is C16H21ClN2O2. The van der Waals surface area contributed by atoms with Crippen molar-refractivity contribution in [1.29, 1.82) is 0 Å². The second-order valence-corrected chi connectivity index (χ2v) is 6.22. The van der Waals surface area contributed by atoms with Crippen LogP contribution in [0.2, 0.25) is 5.02 Å². The van der Waals surface area contributed by atoms with E-state index >= 15 is 0 Å². The highest BCUT2D eigenvalue weighted by Crippen LogP contribution is 2.49. The Morgan fingerprint density at radius 1 is 1.57 bits per heavy atom. The minimum absolute atomic E-state index is 0.144. The maximum atomic E-state index is 12.2. The Morgan fingerprint density at radius 3 is 3.10 bits per heavy atom. The Bertz CT molecular complexity index is 549. The van der Waals surface area contributed by atoms with Gasteiger partial charge >= 0.3 is 0 Å². The van der Waals surface area contributed by atoms with E-state index in [4.69, 9.17) is 16.3 Å². The van der Waals surface area contributed by atoms with Crippen LogP contribution >= 0.6 is 11.6 Å². The van der Waals surface area contributed by atoms with E-state index in [1.54, 1.807) is 0 Å². The third-order valence-electron chi connectivity index (χ3n) is 4.45. The molecule has 114 valence electrons. The molecule has 1 saturated carbocycles. The molecule has 0 aromatic heterocycles. The molecule has 2 aliphatic rings. The molecule has 2 atom stereocenters. The number of fused-ring (bicyclic) bond motifs is 1. The van der Waals surface area contributed by atoms with Crippen molar-refractivity contribution in [2.75, 3.05) is 19.7 Å². The summed E-state index contributed by atoms with van der Waals surface area (Å²) in [6, 6.07) is 5.62. The van der Waals surface area contributed by atoms with Gasteiger partial charge in [-0.15, -0.1) is 0 Å². The predicted octanol–water partition coefficient (Wildman–Crippen LogP) is 2.15. The molecule has 0 spiro atoms. The second kappa shape index (κ2) is 5.85. The van der Waals surface area contributed by atoms with Gasteiger partial charge in [-0.1, -0.05) is 11.6 Å². The SMILES string of the molecule is CCOc1ccc(Cl)cc1CCNC(=O)[C@]12C[C@H]1CCN2. The van der Waals surface area contributed by atoms with Crippen LogP contribution in [0.4, 0.5) is 0 Å². The zero-order valence-electron chi connectivity index (χ0n) is 12.2. The molecule has 3 rings (SSSR count). The molecule has 4 nitrogen and oxygen atoms in total. The first-order valence-corrected chi connectivity index (χ1v) is 7.98. The Hall–Kier alpha value is -1.26. The zero-order valence-corrected chi connectivity index (χ0v) is 13.0. The molecule has 1 heterocycles. The number of benzene rings is 1. The average molecular weight is 309 g/mol. The van der Waals surface area contributed by atoms with E-state index in [0.29, 0.717) is 24.1 Å². The quantitative estimate of drug-likeness (QED) is 0.846. The number of halogens is 1. The molecule has 2 fully saturated rings. The summed E-state index contributed by atoms with van der Waals surface area (Å²) in [7, 11) is 0. The van der Waals surface area contributed by atoms with Crippen LogP contribution in [0.1, 0.15) is 25.3 Å². The number of piperidine rings is 1. The molecule has 1 saturated heterocycles. The van der Waals surface area contributed by atoms with Gasteiger partial charge in [0.15, 0.2) is 0 Å². The van der Waals surface area contributed by atoms with Gasteiger partial charge in [0.25, 0.3) is 0 Å². The van der Waals surface area contributed by atoms with E-state index in [2.05, 4.69) is 10.6 Å². The van der Waals surface area contributed by atoms with Gasteiger partial charge in [0.05, 0.1) is 6.61 Å². The molecule has 0 radical (unpaired) electrons. The molecule has 21 heavy (non-hydrogen) atoms. The molecule has 1 aromatic carbocycles. The summed E-state index contributed by atoms with van der Waals surface area (Å²) in [5.41, 5.74) is 0.783. The van der Waals surface area contributed by atoms with E-state index in [0.717, 1.165) is 37.1 Å². The van der Waals surface area contributed by atoms with Crippen molar-refractivity contribution in [3.05, 3.63) is 28.8 Å². The molecule has 1 aliphatic carbocycles. The Labute approximate surface area is 130 Å². The number of hydrogen-bond donors (Lipinski definition) is 2. The Balaban J connectivity index is 1.55. The monoisotopic (exact) mass is 308 g/mol. The highest BCUT2D eigenvalue weighted by molar-refractivity contribution is 6.30. The van der Waals surface area contributed by atoms with Gasteiger partial charge in [-0.3, -0.25) is 4.79 Å². The van der Waals surface area contributed by atoms with Crippen LogP contribution in [0.3, 0.4) is 0 Å². The van der Waals surface area contributed by atoms with Crippen LogP contribution in [-0.4, -0.2) is 31.1 Å². The Morgan fingerprint density at radius 2 is 2.43 bits per heavy atom. The fourth-order valence-corrected chi connectivity index (χ4v) is 3.43. The van der Waals surface area contributed by atoms with Crippen molar-refractivity contribution in [2.24, 2.45) is 5.92 Å². The van der Waals surface area contributed by atoms with E-state index < -0.39 is 0 Å². The second-order valence-electron chi connectivity index (χ2n) is 5.78. The van der Waals surface area contributed by atoms with Crippen LogP contribution < -0.4 is 15.4 Å². The number of hydrogen-bond acceptors (Lipinski definition) is 3. The average Bonchev–Trinajstić information content (AvgIpc) is 3.04. The van der Waals surface area contributed by atoms with Crippen LogP contribution in [0.25, 0.3) is 0 Å². The number of carbonyl (C=O) groups is 1. The van der Waals surface area contributed by atoms with Gasteiger partial charge in [0, 0.05) is 11.6 Å². The highest BCUT2D eigenvalue weighted by Gasteiger charge is 2.62. The van der Waals surface area contributed by atoms with E-state index in [1.807, 2.05) is 25.1 Å². The van der Waals surface area contributed by atoms with Gasteiger partial charge in [-0.25, -0.2) is 0 Å². The van der Waals surface area contributed by atoms with E-state index in [-0.39, 0.29) is 11.4 Å². The Kier molecular flexibility index (Phi) is 4.09. The largest absolute Gasteiger partial charge is 0.494 e. The zero-order chi connectivity index (χ0) is 14.9. The maximum absolute atomic E-state index is 12.2. The lowest BCUT2D eigenvalue weighted by Gasteiger charge is -2.15. The minimum atomic E-state index is -0.253. The van der Waals surface area contributed by atoms with Crippen LogP contribution in [0, 0.1) is 5.92 Å². The van der Waals surface area contributed by atoms with Crippen molar-refractivity contribution >= 4 is 17.5 Å². The molecular weight excluding hydrogens is 288 g/mol. The van der Waals surface area contributed by atoms with Gasteiger partial charge in [0.2, 0.25) is 5.91 Å². The van der Waals surface area contributed by atoms with Crippen molar-refractivity contribution in [2.45, 2.75) is 31.7 Å². The third-order valence-corrected chi connectivity index (χ3v) is 4.68. The lowest BCUT2D eigenvalue weighted by Crippen LogP contribution is -2.45. The molecule has 2 N–H and O–H groups in total. The summed E-state index contributed by atoms with van der Waals surface area (Å²) in [5.74, 6) is 1.53. The van der Waals surface area contributed by atoms with Crippen molar-refractivity contribution in [3.63, 3.8) is 0 Å². The van der Waals surface area contributed by atoms with Gasteiger partial charge in [-0.2, -0.15) is 0 Å². The van der Waals surface area contributed by atoms with Crippen molar-refractivity contribution < 1.29 is 9.53 Å². The highest BCUT2D eigenvalue weighted by atomic mass is 35.5. The molecule has 5 heteroatoms. The van der Waals surface area contributed by atoms with E-state index in [1.165, 1.54) is 0 Å². The molecule has 1 aliphatic heterocycles. The fourth-order valence-electron chi connectivity index (χ4n) is 3.23. The van der Waals surface area contributed by atoms with Crippen LogP contribution in [0.15, 0.2) is 18.2 Å². The number of amides is 1. The summed E-state index contributed by atoms with van der Waals surface area (Å²) in [6.45, 7) is 4.14. The van der Waals surface area contributed by atoms with Crippen LogP contribution in [-0.2, 0) is 11.2 Å². The van der Waals surface area contributed by atoms with Gasteiger partial charge in [-0.05, 0) is 62.4 Å². The standard InChI is InChI=1S/C16H21ClN2O2/c1-2-21-14-4-3-13(17)9-11(14)5-7-18-15(20)16-10-12(16)6-8-19-16/h3-4,9,12,19H,2,5-8,10H2,1H3,(H,18,20)/t12-,16+/m1/s1. The lowest BCUT2D eigenvalue weighted by molar-refractivity contribution is -0.124. The van der Waals surface area contributed by atoms with Gasteiger partial charge in [0.1, 0.15) is 11.3 Å². The third kappa shape index (κ3) is 2.87. The maximum Gasteiger partial charge on any atom is 0.240 e. The minimum Gasteiger partial charge on any atom is -0.494 e.